The van der Waals surface area contributed by atoms with Gasteiger partial charge in [-0.3, -0.25) is 9.59 Å². The molecule has 176 valence electrons. The Labute approximate surface area is 194 Å². The Morgan fingerprint density at radius 3 is 2.52 bits per heavy atom. The summed E-state index contributed by atoms with van der Waals surface area (Å²) in [7, 11) is 1.64. The summed E-state index contributed by atoms with van der Waals surface area (Å²) in [6.45, 7) is 3.16. The highest BCUT2D eigenvalue weighted by atomic mass is 16.5. The molecule has 1 aromatic heterocycles. The molecule has 2 saturated heterocycles. The summed E-state index contributed by atoms with van der Waals surface area (Å²) < 4.78 is 16.1. The summed E-state index contributed by atoms with van der Waals surface area (Å²) in [6, 6.07) is 11.4. The van der Waals surface area contributed by atoms with Crippen LogP contribution < -0.4 is 10.1 Å². The molecule has 0 aliphatic carbocycles. The van der Waals surface area contributed by atoms with Crippen LogP contribution in [0, 0.1) is 5.92 Å². The molecule has 2 aromatic rings. The molecular formula is C26H32N2O5. The van der Waals surface area contributed by atoms with E-state index in [0.717, 1.165) is 24.2 Å². The number of likely N-dealkylation sites (tertiary alicyclic amines) is 1. The second-order valence-corrected chi connectivity index (χ2v) is 8.75. The molecule has 0 atom stereocenters. The number of hydrogen-bond donors (Lipinski definition) is 1. The number of carbonyl (C=O) groups is 2. The van der Waals surface area contributed by atoms with Crippen LogP contribution in [0.25, 0.3) is 6.08 Å². The monoisotopic (exact) mass is 452 g/mol. The van der Waals surface area contributed by atoms with E-state index in [1.54, 1.807) is 31.6 Å². The molecule has 7 nitrogen and oxygen atoms in total. The number of benzene rings is 1. The average Bonchev–Trinajstić information content (AvgIpc) is 3.40. The zero-order valence-corrected chi connectivity index (χ0v) is 19.1. The Kier molecular flexibility index (Phi) is 7.50. The fraction of sp³-hybridized carbons (Fsp3) is 0.462. The molecule has 1 N–H and O–H groups in total. The lowest BCUT2D eigenvalue weighted by molar-refractivity contribution is -0.131. The molecule has 4 rings (SSSR count). The van der Waals surface area contributed by atoms with Crippen molar-refractivity contribution in [1.82, 2.24) is 10.2 Å². The van der Waals surface area contributed by atoms with Crippen molar-refractivity contribution in [3.8, 4) is 5.75 Å². The third kappa shape index (κ3) is 5.47. The van der Waals surface area contributed by atoms with Crippen molar-refractivity contribution in [3.05, 3.63) is 60.1 Å². The Balaban J connectivity index is 1.30. The minimum atomic E-state index is -0.572. The van der Waals surface area contributed by atoms with E-state index in [4.69, 9.17) is 13.9 Å². The van der Waals surface area contributed by atoms with Crippen molar-refractivity contribution in [2.45, 2.75) is 31.1 Å². The summed E-state index contributed by atoms with van der Waals surface area (Å²) in [5.74, 6) is 1.87. The standard InChI is InChI=1S/C26H32N2O5/c1-31-22-6-4-21(5-7-22)26(12-17-32-18-13-26)25(30)27-19-20-10-14-28(15-11-20)24(29)9-8-23-3-2-16-33-23/h2-9,16,20H,10-15,17-19H2,1H3,(H,27,30)/b9-8+. The van der Waals surface area contributed by atoms with Crippen LogP contribution in [-0.2, 0) is 19.7 Å². The fourth-order valence-electron chi connectivity index (χ4n) is 4.69. The van der Waals surface area contributed by atoms with Crippen LogP contribution in [0.2, 0.25) is 0 Å². The molecule has 0 spiro atoms. The summed E-state index contributed by atoms with van der Waals surface area (Å²) in [5, 5.41) is 3.22. The van der Waals surface area contributed by atoms with Crippen molar-refractivity contribution in [1.29, 1.82) is 0 Å². The summed E-state index contributed by atoms with van der Waals surface area (Å²) >= 11 is 0. The second-order valence-electron chi connectivity index (χ2n) is 8.75. The zero-order chi connectivity index (χ0) is 23.1. The van der Waals surface area contributed by atoms with E-state index in [1.165, 1.54) is 0 Å². The Morgan fingerprint density at radius 1 is 1.15 bits per heavy atom. The lowest BCUT2D eigenvalue weighted by Crippen LogP contribution is -2.50. The lowest BCUT2D eigenvalue weighted by Gasteiger charge is -2.37. The largest absolute Gasteiger partial charge is 0.497 e. The second kappa shape index (κ2) is 10.7. The lowest BCUT2D eigenvalue weighted by atomic mass is 9.73. The first-order chi connectivity index (χ1) is 16.1. The molecule has 3 heterocycles. The van der Waals surface area contributed by atoms with Crippen molar-refractivity contribution in [2.24, 2.45) is 5.92 Å². The molecule has 2 fully saturated rings. The summed E-state index contributed by atoms with van der Waals surface area (Å²) in [4.78, 5) is 27.7. The van der Waals surface area contributed by atoms with Crippen molar-refractivity contribution in [2.75, 3.05) is 40.0 Å². The van der Waals surface area contributed by atoms with Crippen LogP contribution in [-0.4, -0.2) is 56.7 Å². The molecule has 2 aliphatic rings. The molecular weight excluding hydrogens is 420 g/mol. The van der Waals surface area contributed by atoms with E-state index < -0.39 is 5.41 Å². The van der Waals surface area contributed by atoms with Gasteiger partial charge in [0.05, 0.1) is 18.8 Å². The molecule has 2 amide bonds. The Bertz CT molecular complexity index is 938. The molecule has 0 unspecified atom stereocenters. The maximum Gasteiger partial charge on any atom is 0.246 e. The minimum Gasteiger partial charge on any atom is -0.497 e. The van der Waals surface area contributed by atoms with Gasteiger partial charge in [0.15, 0.2) is 0 Å². The van der Waals surface area contributed by atoms with E-state index >= 15 is 0 Å². The number of nitrogens with zero attached hydrogens (tertiary/aromatic N) is 1. The number of amides is 2. The first-order valence-electron chi connectivity index (χ1n) is 11.6. The first kappa shape index (κ1) is 23.1. The van der Waals surface area contributed by atoms with E-state index in [2.05, 4.69) is 5.32 Å². The van der Waals surface area contributed by atoms with E-state index in [0.29, 0.717) is 57.4 Å². The van der Waals surface area contributed by atoms with Crippen LogP contribution in [0.5, 0.6) is 5.75 Å². The number of ether oxygens (including phenoxy) is 2. The molecule has 33 heavy (non-hydrogen) atoms. The highest BCUT2D eigenvalue weighted by molar-refractivity contribution is 5.91. The van der Waals surface area contributed by atoms with Gasteiger partial charge in [0.1, 0.15) is 11.5 Å². The quantitative estimate of drug-likeness (QED) is 0.652. The van der Waals surface area contributed by atoms with Gasteiger partial charge in [-0.25, -0.2) is 0 Å². The van der Waals surface area contributed by atoms with Crippen LogP contribution in [0.4, 0.5) is 0 Å². The molecule has 0 bridgehead atoms. The van der Waals surface area contributed by atoms with Gasteiger partial charge in [-0.2, -0.15) is 0 Å². The van der Waals surface area contributed by atoms with Crippen molar-refractivity contribution >= 4 is 17.9 Å². The summed E-state index contributed by atoms with van der Waals surface area (Å²) in [5.41, 5.74) is 0.436. The molecule has 2 aliphatic heterocycles. The van der Waals surface area contributed by atoms with Gasteiger partial charge < -0.3 is 24.1 Å². The molecule has 1 aromatic carbocycles. The smallest absolute Gasteiger partial charge is 0.246 e. The van der Waals surface area contributed by atoms with Crippen molar-refractivity contribution in [3.63, 3.8) is 0 Å². The normalized spacial score (nSPS) is 18.9. The minimum absolute atomic E-state index is 0.00505. The zero-order valence-electron chi connectivity index (χ0n) is 19.1. The number of methoxy groups -OCH3 is 1. The third-order valence-corrected chi connectivity index (χ3v) is 6.83. The van der Waals surface area contributed by atoms with E-state index in [1.807, 2.05) is 35.2 Å². The van der Waals surface area contributed by atoms with Gasteiger partial charge >= 0.3 is 0 Å². The van der Waals surface area contributed by atoms with Gasteiger partial charge in [-0.05, 0) is 67.5 Å². The number of nitrogens with one attached hydrogen (secondary N) is 1. The van der Waals surface area contributed by atoms with Crippen LogP contribution in [0.3, 0.4) is 0 Å². The number of carbonyl (C=O) groups excluding carboxylic acids is 2. The first-order valence-corrected chi connectivity index (χ1v) is 11.6. The molecule has 0 saturated carbocycles. The van der Waals surface area contributed by atoms with E-state index in [9.17, 15) is 9.59 Å². The number of hydrogen-bond acceptors (Lipinski definition) is 5. The van der Waals surface area contributed by atoms with E-state index in [-0.39, 0.29) is 11.8 Å². The number of rotatable bonds is 7. The Hall–Kier alpha value is -3.06. The molecule has 0 radical (unpaired) electrons. The SMILES string of the molecule is COc1ccc(C2(C(=O)NCC3CCN(C(=O)/C=C/c4ccco4)CC3)CCOCC2)cc1. The highest BCUT2D eigenvalue weighted by Gasteiger charge is 2.41. The topological polar surface area (TPSA) is 81.0 Å². The maximum absolute atomic E-state index is 13.4. The van der Waals surface area contributed by atoms with Crippen LogP contribution in [0.15, 0.2) is 53.2 Å². The van der Waals surface area contributed by atoms with Crippen LogP contribution >= 0.6 is 0 Å². The van der Waals surface area contributed by atoms with Gasteiger partial charge in [0.2, 0.25) is 11.8 Å². The number of piperidine rings is 1. The average molecular weight is 453 g/mol. The third-order valence-electron chi connectivity index (χ3n) is 6.83. The maximum atomic E-state index is 13.4. The summed E-state index contributed by atoms with van der Waals surface area (Å²) in [6.07, 6.45) is 7.92. The van der Waals surface area contributed by atoms with Gasteiger partial charge in [-0.15, -0.1) is 0 Å². The van der Waals surface area contributed by atoms with Crippen molar-refractivity contribution < 1.29 is 23.5 Å². The van der Waals surface area contributed by atoms with Gasteiger partial charge in [-0.1, -0.05) is 12.1 Å². The van der Waals surface area contributed by atoms with Gasteiger partial charge in [0, 0.05) is 38.9 Å². The number of furan rings is 1. The fourth-order valence-corrected chi connectivity index (χ4v) is 4.69. The molecule has 7 heteroatoms. The predicted octanol–water partition coefficient (Wildman–Crippen LogP) is 3.40. The van der Waals surface area contributed by atoms with Gasteiger partial charge in [0.25, 0.3) is 0 Å². The van der Waals surface area contributed by atoms with Crippen LogP contribution in [0.1, 0.15) is 37.0 Å². The highest BCUT2D eigenvalue weighted by Crippen LogP contribution is 2.36. The predicted molar refractivity (Wildman–Crippen MR) is 125 cm³/mol. The Morgan fingerprint density at radius 2 is 1.88 bits per heavy atom.